The van der Waals surface area contributed by atoms with E-state index in [4.69, 9.17) is 5.11 Å². The first kappa shape index (κ1) is 15.9. The van der Waals surface area contributed by atoms with Gasteiger partial charge in [0.15, 0.2) is 0 Å². The third-order valence-corrected chi connectivity index (χ3v) is 3.58. The minimum absolute atomic E-state index is 0.0647. The maximum atomic E-state index is 13.6. The molecule has 0 unspecified atom stereocenters. The van der Waals surface area contributed by atoms with E-state index in [2.05, 4.69) is 5.32 Å². The van der Waals surface area contributed by atoms with Gasteiger partial charge < -0.3 is 15.3 Å². The summed E-state index contributed by atoms with van der Waals surface area (Å²) in [7, 11) is 0. The highest BCUT2D eigenvalue weighted by Gasteiger charge is 2.28. The number of rotatable bonds is 3. The molecule has 0 aromatic heterocycles. The number of amides is 2. The Bertz CT molecular complexity index is 618. The van der Waals surface area contributed by atoms with Gasteiger partial charge in [0.2, 0.25) is 5.91 Å². The molecule has 1 aliphatic heterocycles. The third-order valence-electron chi connectivity index (χ3n) is 3.58. The smallest absolute Gasteiger partial charge is 0.308 e. The molecule has 2 amide bonds. The molecule has 1 aromatic carbocycles. The average Bonchev–Trinajstić information content (AvgIpc) is 2.48. The lowest BCUT2D eigenvalue weighted by Gasteiger charge is -2.30. The first-order valence-corrected chi connectivity index (χ1v) is 6.97. The van der Waals surface area contributed by atoms with Gasteiger partial charge in [-0.3, -0.25) is 14.4 Å². The molecule has 1 fully saturated rings. The number of halogens is 1. The van der Waals surface area contributed by atoms with Gasteiger partial charge in [0.05, 0.1) is 11.6 Å². The number of piperidine rings is 1. The normalized spacial score (nSPS) is 17.9. The van der Waals surface area contributed by atoms with Crippen LogP contribution in [-0.4, -0.2) is 40.9 Å². The number of hydrogen-bond acceptors (Lipinski definition) is 3. The molecule has 22 heavy (non-hydrogen) atoms. The number of anilines is 1. The Morgan fingerprint density at radius 3 is 2.73 bits per heavy atom. The predicted octanol–water partition coefficient (Wildman–Crippen LogP) is 1.72. The molecule has 7 heteroatoms. The van der Waals surface area contributed by atoms with Crippen molar-refractivity contribution in [3.63, 3.8) is 0 Å². The summed E-state index contributed by atoms with van der Waals surface area (Å²) in [4.78, 5) is 35.9. The van der Waals surface area contributed by atoms with E-state index in [-0.39, 0.29) is 23.7 Å². The fraction of sp³-hybridized carbons (Fsp3) is 0.400. The topological polar surface area (TPSA) is 86.7 Å². The van der Waals surface area contributed by atoms with Crippen molar-refractivity contribution < 1.29 is 23.9 Å². The largest absolute Gasteiger partial charge is 0.481 e. The van der Waals surface area contributed by atoms with E-state index in [1.54, 1.807) is 0 Å². The maximum Gasteiger partial charge on any atom is 0.308 e. The average molecular weight is 308 g/mol. The number of carboxylic acids is 1. The Morgan fingerprint density at radius 1 is 1.36 bits per heavy atom. The number of carbonyl (C=O) groups excluding carboxylic acids is 2. The number of nitrogens with one attached hydrogen (secondary N) is 1. The van der Waals surface area contributed by atoms with E-state index in [1.165, 1.54) is 24.0 Å². The molecule has 1 aromatic rings. The summed E-state index contributed by atoms with van der Waals surface area (Å²) in [5.41, 5.74) is 0.154. The van der Waals surface area contributed by atoms with Gasteiger partial charge in [0.1, 0.15) is 5.82 Å². The lowest BCUT2D eigenvalue weighted by molar-refractivity contribution is -0.143. The Labute approximate surface area is 126 Å². The summed E-state index contributed by atoms with van der Waals surface area (Å²) in [5, 5.41) is 11.4. The molecule has 1 atom stereocenters. The van der Waals surface area contributed by atoms with Gasteiger partial charge in [-0.2, -0.15) is 0 Å². The minimum Gasteiger partial charge on any atom is -0.481 e. The molecule has 1 aliphatic rings. The molecule has 0 radical (unpaired) electrons. The van der Waals surface area contributed by atoms with Crippen LogP contribution in [-0.2, 0) is 9.59 Å². The Hall–Kier alpha value is -2.44. The number of benzene rings is 1. The zero-order chi connectivity index (χ0) is 16.3. The van der Waals surface area contributed by atoms with Crippen molar-refractivity contribution in [3.8, 4) is 0 Å². The summed E-state index contributed by atoms with van der Waals surface area (Å²) in [6.07, 6.45) is 1.15. The highest BCUT2D eigenvalue weighted by Crippen LogP contribution is 2.21. The van der Waals surface area contributed by atoms with Crippen molar-refractivity contribution in [2.24, 2.45) is 5.92 Å². The number of carbonyl (C=O) groups is 3. The van der Waals surface area contributed by atoms with Gasteiger partial charge in [-0.15, -0.1) is 0 Å². The van der Waals surface area contributed by atoms with Crippen LogP contribution in [0.3, 0.4) is 0 Å². The first-order chi connectivity index (χ1) is 10.4. The number of aliphatic carboxylic acids is 1. The van der Waals surface area contributed by atoms with Crippen LogP contribution in [0.2, 0.25) is 0 Å². The van der Waals surface area contributed by atoms with Gasteiger partial charge in [0, 0.05) is 25.6 Å². The zero-order valence-electron chi connectivity index (χ0n) is 12.1. The van der Waals surface area contributed by atoms with Gasteiger partial charge in [-0.1, -0.05) is 0 Å². The zero-order valence-corrected chi connectivity index (χ0v) is 12.1. The van der Waals surface area contributed by atoms with Crippen molar-refractivity contribution in [1.82, 2.24) is 4.90 Å². The number of likely N-dealkylation sites (tertiary alicyclic amines) is 1. The molecular formula is C15H17FN2O4. The van der Waals surface area contributed by atoms with E-state index < -0.39 is 23.6 Å². The summed E-state index contributed by atoms with van der Waals surface area (Å²) >= 11 is 0. The van der Waals surface area contributed by atoms with Crippen molar-refractivity contribution in [2.45, 2.75) is 19.8 Å². The van der Waals surface area contributed by atoms with E-state index in [0.717, 1.165) is 6.07 Å². The monoisotopic (exact) mass is 308 g/mol. The maximum absolute atomic E-state index is 13.6. The van der Waals surface area contributed by atoms with E-state index in [9.17, 15) is 18.8 Å². The van der Waals surface area contributed by atoms with Crippen LogP contribution in [0.15, 0.2) is 18.2 Å². The highest BCUT2D eigenvalue weighted by molar-refractivity contribution is 5.97. The first-order valence-electron chi connectivity index (χ1n) is 6.97. The summed E-state index contributed by atoms with van der Waals surface area (Å²) in [6, 6.07) is 3.70. The molecule has 118 valence electrons. The van der Waals surface area contributed by atoms with Crippen LogP contribution in [0.5, 0.6) is 0 Å². The fourth-order valence-corrected chi connectivity index (χ4v) is 2.49. The molecule has 1 heterocycles. The second-order valence-corrected chi connectivity index (χ2v) is 5.30. The van der Waals surface area contributed by atoms with Crippen LogP contribution >= 0.6 is 0 Å². The second kappa shape index (κ2) is 6.55. The van der Waals surface area contributed by atoms with Crippen molar-refractivity contribution in [1.29, 1.82) is 0 Å². The van der Waals surface area contributed by atoms with E-state index in [0.29, 0.717) is 19.4 Å². The van der Waals surface area contributed by atoms with Crippen molar-refractivity contribution in [2.75, 3.05) is 18.4 Å². The molecule has 0 aliphatic carbocycles. The predicted molar refractivity (Wildman–Crippen MR) is 77.0 cm³/mol. The molecule has 1 saturated heterocycles. The van der Waals surface area contributed by atoms with Crippen LogP contribution < -0.4 is 5.32 Å². The summed E-state index contributed by atoms with van der Waals surface area (Å²) in [6.45, 7) is 1.85. The Kier molecular flexibility index (Phi) is 4.75. The van der Waals surface area contributed by atoms with Gasteiger partial charge in [-0.05, 0) is 31.0 Å². The Morgan fingerprint density at radius 2 is 2.09 bits per heavy atom. The Balaban J connectivity index is 2.18. The quantitative estimate of drug-likeness (QED) is 0.890. The highest BCUT2D eigenvalue weighted by atomic mass is 19.1. The van der Waals surface area contributed by atoms with Gasteiger partial charge in [-0.25, -0.2) is 4.39 Å². The molecule has 0 bridgehead atoms. The van der Waals surface area contributed by atoms with Gasteiger partial charge >= 0.3 is 5.97 Å². The standard InChI is InChI=1S/C15H17FN2O4/c1-9(19)17-13-7-10(4-5-12(13)16)14(20)18-6-2-3-11(8-18)15(21)22/h4-5,7,11H,2-3,6,8H2,1H3,(H,17,19)(H,21,22)/t11-/m0/s1. The van der Waals surface area contributed by atoms with Crippen molar-refractivity contribution in [3.05, 3.63) is 29.6 Å². The van der Waals surface area contributed by atoms with Gasteiger partial charge in [0.25, 0.3) is 5.91 Å². The molecular weight excluding hydrogens is 291 g/mol. The van der Waals surface area contributed by atoms with Crippen LogP contribution in [0.4, 0.5) is 10.1 Å². The molecule has 0 saturated carbocycles. The fourth-order valence-electron chi connectivity index (χ4n) is 2.49. The third kappa shape index (κ3) is 3.60. The molecule has 0 spiro atoms. The van der Waals surface area contributed by atoms with Crippen LogP contribution in [0, 0.1) is 11.7 Å². The lowest BCUT2D eigenvalue weighted by atomic mass is 9.97. The second-order valence-electron chi connectivity index (χ2n) is 5.30. The van der Waals surface area contributed by atoms with Crippen LogP contribution in [0.25, 0.3) is 0 Å². The molecule has 6 nitrogen and oxygen atoms in total. The number of nitrogens with zero attached hydrogens (tertiary/aromatic N) is 1. The van der Waals surface area contributed by atoms with Crippen molar-refractivity contribution >= 4 is 23.5 Å². The summed E-state index contributed by atoms with van der Waals surface area (Å²) < 4.78 is 13.6. The number of carboxylic acid groups (broad SMARTS) is 1. The SMILES string of the molecule is CC(=O)Nc1cc(C(=O)N2CCC[C@H](C(=O)O)C2)ccc1F. The molecule has 2 rings (SSSR count). The minimum atomic E-state index is -0.921. The number of hydrogen-bond donors (Lipinski definition) is 2. The summed E-state index contributed by atoms with van der Waals surface area (Å²) in [5.74, 6) is -2.93. The van der Waals surface area contributed by atoms with Crippen LogP contribution in [0.1, 0.15) is 30.1 Å². The van der Waals surface area contributed by atoms with E-state index >= 15 is 0 Å². The lowest BCUT2D eigenvalue weighted by Crippen LogP contribution is -2.42. The molecule has 2 N–H and O–H groups in total. The van der Waals surface area contributed by atoms with E-state index in [1.807, 2.05) is 0 Å².